The smallest absolute Gasteiger partial charge is 0.317 e. The fourth-order valence-corrected chi connectivity index (χ4v) is 5.12. The maximum absolute atomic E-state index is 13.7. The number of aromatic nitrogens is 5. The molecule has 176 valence electrons. The van der Waals surface area contributed by atoms with Crippen LogP contribution in [0.25, 0.3) is 11.2 Å². The van der Waals surface area contributed by atoms with Crippen LogP contribution in [0.3, 0.4) is 0 Å². The van der Waals surface area contributed by atoms with E-state index in [1.807, 2.05) is 43.3 Å². The molecule has 3 heterocycles. The van der Waals surface area contributed by atoms with Gasteiger partial charge in [0.05, 0.1) is 0 Å². The Labute approximate surface area is 198 Å². The van der Waals surface area contributed by atoms with Crippen molar-refractivity contribution in [3.63, 3.8) is 0 Å². The first-order chi connectivity index (χ1) is 16.7. The molecule has 7 nitrogen and oxygen atoms in total. The third kappa shape index (κ3) is 4.22. The Morgan fingerprint density at radius 3 is 2.38 bits per heavy atom. The SMILES string of the molecule is CCCn1c(=O)c2c(nc(C3CCCC3)n2Cc2ccccc2)n(CCc2ccccn2)c1=O. The summed E-state index contributed by atoms with van der Waals surface area (Å²) >= 11 is 0. The largest absolute Gasteiger partial charge is 0.332 e. The minimum atomic E-state index is -0.280. The van der Waals surface area contributed by atoms with Crippen LogP contribution < -0.4 is 11.2 Å². The van der Waals surface area contributed by atoms with Gasteiger partial charge in [0.15, 0.2) is 11.2 Å². The van der Waals surface area contributed by atoms with Crippen LogP contribution in [0, 0.1) is 0 Å². The van der Waals surface area contributed by atoms with Gasteiger partial charge in [-0.15, -0.1) is 0 Å². The fourth-order valence-electron chi connectivity index (χ4n) is 5.12. The number of hydrogen-bond acceptors (Lipinski definition) is 4. The number of nitrogens with zero attached hydrogens (tertiary/aromatic N) is 5. The molecule has 1 saturated carbocycles. The highest BCUT2D eigenvalue weighted by molar-refractivity contribution is 5.71. The summed E-state index contributed by atoms with van der Waals surface area (Å²) in [6.07, 6.45) is 7.56. The predicted molar refractivity (Wildman–Crippen MR) is 133 cm³/mol. The van der Waals surface area contributed by atoms with Crippen molar-refractivity contribution in [2.45, 2.75) is 71.0 Å². The molecular weight excluding hydrogens is 426 g/mol. The number of benzene rings is 1. The molecule has 5 rings (SSSR count). The molecule has 0 aliphatic heterocycles. The van der Waals surface area contributed by atoms with E-state index >= 15 is 0 Å². The minimum absolute atomic E-state index is 0.233. The maximum atomic E-state index is 13.7. The van der Waals surface area contributed by atoms with Crippen LogP contribution in [-0.4, -0.2) is 23.7 Å². The van der Waals surface area contributed by atoms with Gasteiger partial charge in [0.1, 0.15) is 5.82 Å². The zero-order valence-electron chi connectivity index (χ0n) is 19.7. The average Bonchev–Trinajstić information content (AvgIpc) is 3.52. The molecule has 1 aliphatic rings. The topological polar surface area (TPSA) is 74.7 Å². The van der Waals surface area contributed by atoms with Crippen molar-refractivity contribution in [3.8, 4) is 0 Å². The summed E-state index contributed by atoms with van der Waals surface area (Å²) in [5.74, 6) is 1.25. The minimum Gasteiger partial charge on any atom is -0.317 e. The van der Waals surface area contributed by atoms with Crippen LogP contribution >= 0.6 is 0 Å². The summed E-state index contributed by atoms with van der Waals surface area (Å²) < 4.78 is 5.18. The van der Waals surface area contributed by atoms with Crippen molar-refractivity contribution in [1.29, 1.82) is 0 Å². The van der Waals surface area contributed by atoms with Crippen LogP contribution in [0.1, 0.15) is 62.0 Å². The summed E-state index contributed by atoms with van der Waals surface area (Å²) in [6, 6.07) is 16.0. The first kappa shape index (κ1) is 22.3. The fraction of sp³-hybridized carbons (Fsp3) is 0.407. The summed E-state index contributed by atoms with van der Waals surface area (Å²) in [4.78, 5) is 36.6. The van der Waals surface area contributed by atoms with E-state index < -0.39 is 0 Å². The molecule has 0 bridgehead atoms. The number of aryl methyl sites for hydroxylation is 2. The summed E-state index contributed by atoms with van der Waals surface area (Å²) in [6.45, 7) is 3.39. The summed E-state index contributed by atoms with van der Waals surface area (Å²) in [5, 5.41) is 0. The van der Waals surface area contributed by atoms with Gasteiger partial charge in [-0.25, -0.2) is 9.78 Å². The van der Waals surface area contributed by atoms with Crippen LogP contribution in [0.2, 0.25) is 0 Å². The molecule has 0 unspecified atom stereocenters. The molecule has 34 heavy (non-hydrogen) atoms. The van der Waals surface area contributed by atoms with E-state index in [9.17, 15) is 9.59 Å². The molecule has 0 radical (unpaired) electrons. The Bertz CT molecular complexity index is 1380. The van der Waals surface area contributed by atoms with Crippen molar-refractivity contribution in [3.05, 3.63) is 92.6 Å². The standard InChI is InChI=1S/C27H31N5O2/c1-2-17-31-26(33)23-25(30(27(31)34)18-15-22-14-8-9-16-28-22)29-24(21-12-6-7-13-21)32(23)19-20-10-4-3-5-11-20/h3-5,8-11,14,16,21H,2,6-7,12-13,15,17-19H2,1H3. The highest BCUT2D eigenvalue weighted by atomic mass is 16.2. The lowest BCUT2D eigenvalue weighted by Gasteiger charge is -2.14. The van der Waals surface area contributed by atoms with Crippen LogP contribution in [0.15, 0.2) is 64.3 Å². The van der Waals surface area contributed by atoms with E-state index in [1.165, 1.54) is 17.4 Å². The molecule has 0 spiro atoms. The Balaban J connectivity index is 1.71. The lowest BCUT2D eigenvalue weighted by molar-refractivity contribution is 0.556. The molecule has 0 N–H and O–H groups in total. The molecule has 0 saturated heterocycles. The highest BCUT2D eigenvalue weighted by Crippen LogP contribution is 2.35. The van der Waals surface area contributed by atoms with Crippen LogP contribution in [-0.2, 0) is 26.1 Å². The van der Waals surface area contributed by atoms with Crippen LogP contribution in [0.5, 0.6) is 0 Å². The van der Waals surface area contributed by atoms with E-state index in [4.69, 9.17) is 4.98 Å². The number of rotatable bonds is 8. The van der Waals surface area contributed by atoms with Crippen LogP contribution in [0.4, 0.5) is 0 Å². The Kier molecular flexibility index (Phi) is 6.43. The monoisotopic (exact) mass is 457 g/mol. The van der Waals surface area contributed by atoms with Crippen molar-refractivity contribution < 1.29 is 0 Å². The lowest BCUT2D eigenvalue weighted by Crippen LogP contribution is -2.41. The number of imidazole rings is 1. The Morgan fingerprint density at radius 1 is 0.912 bits per heavy atom. The van der Waals surface area contributed by atoms with Gasteiger partial charge in [-0.3, -0.25) is 18.9 Å². The summed E-state index contributed by atoms with van der Waals surface area (Å²) in [7, 11) is 0. The second-order valence-electron chi connectivity index (χ2n) is 9.16. The molecule has 1 fully saturated rings. The van der Waals surface area contributed by atoms with Crippen molar-refractivity contribution in [2.24, 2.45) is 0 Å². The molecule has 0 amide bonds. The average molecular weight is 458 g/mol. The van der Waals surface area contributed by atoms with Gasteiger partial charge in [0.2, 0.25) is 0 Å². The number of fused-ring (bicyclic) bond motifs is 1. The lowest BCUT2D eigenvalue weighted by atomic mass is 10.1. The van der Waals surface area contributed by atoms with Gasteiger partial charge in [0.25, 0.3) is 5.56 Å². The van der Waals surface area contributed by atoms with Gasteiger partial charge in [0, 0.05) is 43.9 Å². The zero-order chi connectivity index (χ0) is 23.5. The summed E-state index contributed by atoms with van der Waals surface area (Å²) in [5.41, 5.74) is 2.57. The van der Waals surface area contributed by atoms with Crippen molar-refractivity contribution in [1.82, 2.24) is 23.7 Å². The zero-order valence-corrected chi connectivity index (χ0v) is 19.7. The molecule has 7 heteroatoms. The first-order valence-corrected chi connectivity index (χ1v) is 12.3. The molecular formula is C27H31N5O2. The number of hydrogen-bond donors (Lipinski definition) is 0. The van der Waals surface area contributed by atoms with Gasteiger partial charge < -0.3 is 4.57 Å². The van der Waals surface area contributed by atoms with Gasteiger partial charge in [-0.2, -0.15) is 0 Å². The third-order valence-electron chi connectivity index (χ3n) is 6.81. The second-order valence-corrected chi connectivity index (χ2v) is 9.16. The maximum Gasteiger partial charge on any atom is 0.332 e. The Morgan fingerprint density at radius 2 is 1.68 bits per heavy atom. The van der Waals surface area contributed by atoms with E-state index in [0.29, 0.717) is 49.6 Å². The van der Waals surface area contributed by atoms with E-state index in [-0.39, 0.29) is 11.2 Å². The van der Waals surface area contributed by atoms with Crippen molar-refractivity contribution in [2.75, 3.05) is 0 Å². The molecule has 4 aromatic rings. The quantitative estimate of drug-likeness (QED) is 0.399. The molecule has 1 aromatic carbocycles. The highest BCUT2D eigenvalue weighted by Gasteiger charge is 2.27. The van der Waals surface area contributed by atoms with Gasteiger partial charge in [-0.05, 0) is 37.0 Å². The molecule has 3 aromatic heterocycles. The Hall–Kier alpha value is -3.48. The van der Waals surface area contributed by atoms with E-state index in [1.54, 1.807) is 10.8 Å². The van der Waals surface area contributed by atoms with E-state index in [2.05, 4.69) is 21.7 Å². The first-order valence-electron chi connectivity index (χ1n) is 12.3. The molecule has 0 atom stereocenters. The van der Waals surface area contributed by atoms with Crippen molar-refractivity contribution >= 4 is 11.2 Å². The molecule has 1 aliphatic carbocycles. The normalized spacial score (nSPS) is 14.3. The van der Waals surface area contributed by atoms with Gasteiger partial charge in [-0.1, -0.05) is 56.2 Å². The third-order valence-corrected chi connectivity index (χ3v) is 6.81. The second kappa shape index (κ2) is 9.79. The van der Waals surface area contributed by atoms with E-state index in [0.717, 1.165) is 29.9 Å². The van der Waals surface area contributed by atoms with Gasteiger partial charge >= 0.3 is 5.69 Å². The predicted octanol–water partition coefficient (Wildman–Crippen LogP) is 4.11. The number of pyridine rings is 1.